The molecule has 0 aliphatic heterocycles. The number of rotatable bonds is 4. The number of esters is 1. The normalized spacial score (nSPS) is 11.2. The number of carbonyl (C=O) groups is 1. The maximum atomic E-state index is 13.8. The Morgan fingerprint density at radius 2 is 2.05 bits per heavy atom. The number of aryl methyl sites for hydroxylation is 1. The summed E-state index contributed by atoms with van der Waals surface area (Å²) in [6.07, 6.45) is 0. The average Bonchev–Trinajstić information content (AvgIpc) is 2.84. The summed E-state index contributed by atoms with van der Waals surface area (Å²) in [6, 6.07) is 5.22. The first-order valence-electron chi connectivity index (χ1n) is 5.80. The summed E-state index contributed by atoms with van der Waals surface area (Å²) in [5.74, 6) is -1.51. The zero-order valence-corrected chi connectivity index (χ0v) is 12.8. The molecule has 2 rings (SSSR count). The quantitative estimate of drug-likeness (QED) is 0.876. The highest BCUT2D eigenvalue weighted by Gasteiger charge is 2.23. The fourth-order valence-corrected chi connectivity index (χ4v) is 3.63. The molecule has 112 valence electrons. The number of halogens is 1. The minimum atomic E-state index is -4.12. The number of ether oxygens (including phenoxy) is 1. The molecule has 0 saturated heterocycles. The number of thiophene rings is 1. The van der Waals surface area contributed by atoms with Crippen molar-refractivity contribution in [3.8, 4) is 0 Å². The molecule has 0 atom stereocenters. The fraction of sp³-hybridized carbons (Fsp3) is 0.154. The smallest absolute Gasteiger partial charge is 0.350 e. The second-order valence-electron chi connectivity index (χ2n) is 4.19. The molecule has 0 amide bonds. The highest BCUT2D eigenvalue weighted by atomic mass is 32.2. The van der Waals surface area contributed by atoms with Crippen LogP contribution >= 0.6 is 11.3 Å². The number of anilines is 1. The van der Waals surface area contributed by atoms with Crippen molar-refractivity contribution in [1.82, 2.24) is 0 Å². The summed E-state index contributed by atoms with van der Waals surface area (Å²) in [6.45, 7) is 1.65. The molecule has 0 bridgehead atoms. The molecular weight excluding hydrogens is 317 g/mol. The Hall–Kier alpha value is -1.93. The molecule has 0 unspecified atom stereocenters. The molecule has 1 N–H and O–H groups in total. The largest absolute Gasteiger partial charge is 0.465 e. The van der Waals surface area contributed by atoms with Gasteiger partial charge < -0.3 is 4.74 Å². The average molecular weight is 329 g/mol. The van der Waals surface area contributed by atoms with Gasteiger partial charge in [0.1, 0.15) is 15.6 Å². The molecule has 8 heteroatoms. The van der Waals surface area contributed by atoms with Crippen molar-refractivity contribution in [1.29, 1.82) is 0 Å². The van der Waals surface area contributed by atoms with Crippen molar-refractivity contribution in [3.63, 3.8) is 0 Å². The Kier molecular flexibility index (Phi) is 4.29. The number of methoxy groups -OCH3 is 1. The third-order valence-electron chi connectivity index (χ3n) is 2.66. The number of carbonyl (C=O) groups excluding carboxylic acids is 1. The summed E-state index contributed by atoms with van der Waals surface area (Å²) in [5, 5.41) is 1.54. The first kappa shape index (κ1) is 15.5. The number of hydrogen-bond acceptors (Lipinski definition) is 5. The molecule has 2 aromatic rings. The van der Waals surface area contributed by atoms with E-state index in [2.05, 4.69) is 9.46 Å². The van der Waals surface area contributed by atoms with Crippen LogP contribution in [-0.4, -0.2) is 21.5 Å². The third kappa shape index (κ3) is 3.22. The van der Waals surface area contributed by atoms with E-state index in [1.807, 2.05) is 0 Å². The van der Waals surface area contributed by atoms with Crippen LogP contribution in [0.2, 0.25) is 0 Å². The van der Waals surface area contributed by atoms with E-state index in [4.69, 9.17) is 0 Å². The van der Waals surface area contributed by atoms with Crippen molar-refractivity contribution in [2.75, 3.05) is 11.8 Å². The molecule has 0 spiro atoms. The van der Waals surface area contributed by atoms with Gasteiger partial charge in [0.25, 0.3) is 10.0 Å². The van der Waals surface area contributed by atoms with Crippen molar-refractivity contribution in [2.45, 2.75) is 11.8 Å². The number of nitrogens with one attached hydrogen (secondary N) is 1. The van der Waals surface area contributed by atoms with E-state index in [9.17, 15) is 17.6 Å². The van der Waals surface area contributed by atoms with Crippen LogP contribution in [0.5, 0.6) is 0 Å². The first-order valence-corrected chi connectivity index (χ1v) is 8.16. The van der Waals surface area contributed by atoms with E-state index in [1.54, 1.807) is 6.92 Å². The predicted octanol–water partition coefficient (Wildman–Crippen LogP) is 2.78. The SMILES string of the molecule is COC(=O)c1sccc1NS(=O)(=O)c1ccc(C)cc1F. The highest BCUT2D eigenvalue weighted by molar-refractivity contribution is 7.92. The minimum absolute atomic E-state index is 0.0619. The Morgan fingerprint density at radius 3 is 2.67 bits per heavy atom. The van der Waals surface area contributed by atoms with Crippen molar-refractivity contribution in [3.05, 3.63) is 45.9 Å². The van der Waals surface area contributed by atoms with Crippen molar-refractivity contribution in [2.24, 2.45) is 0 Å². The molecule has 0 radical (unpaired) electrons. The van der Waals surface area contributed by atoms with Crippen molar-refractivity contribution < 1.29 is 22.3 Å². The zero-order valence-electron chi connectivity index (χ0n) is 11.2. The monoisotopic (exact) mass is 329 g/mol. The van der Waals surface area contributed by atoms with Crippen LogP contribution in [0.15, 0.2) is 34.5 Å². The highest BCUT2D eigenvalue weighted by Crippen LogP contribution is 2.26. The maximum Gasteiger partial charge on any atom is 0.350 e. The van der Waals surface area contributed by atoms with E-state index in [0.29, 0.717) is 5.56 Å². The van der Waals surface area contributed by atoms with E-state index in [0.717, 1.165) is 17.4 Å². The summed E-state index contributed by atoms with van der Waals surface area (Å²) < 4.78 is 44.9. The van der Waals surface area contributed by atoms with E-state index in [1.165, 1.54) is 30.7 Å². The van der Waals surface area contributed by atoms with E-state index in [-0.39, 0.29) is 10.6 Å². The van der Waals surface area contributed by atoms with Gasteiger partial charge in [0.05, 0.1) is 12.8 Å². The fourth-order valence-electron chi connectivity index (χ4n) is 1.66. The summed E-state index contributed by atoms with van der Waals surface area (Å²) in [4.78, 5) is 11.1. The van der Waals surface area contributed by atoms with Gasteiger partial charge in [-0.15, -0.1) is 11.3 Å². The Labute approximate surface area is 125 Å². The first-order chi connectivity index (χ1) is 9.85. The Balaban J connectivity index is 2.38. The molecule has 5 nitrogen and oxygen atoms in total. The molecule has 1 aromatic carbocycles. The van der Waals surface area contributed by atoms with Crippen molar-refractivity contribution >= 4 is 33.0 Å². The van der Waals surface area contributed by atoms with Gasteiger partial charge in [-0.05, 0) is 36.1 Å². The predicted molar refractivity (Wildman–Crippen MR) is 77.6 cm³/mol. The molecule has 0 aliphatic rings. The van der Waals surface area contributed by atoms with Crippen LogP contribution in [0.4, 0.5) is 10.1 Å². The van der Waals surface area contributed by atoms with Crippen LogP contribution in [0.25, 0.3) is 0 Å². The van der Waals surface area contributed by atoms with Gasteiger partial charge in [0.15, 0.2) is 0 Å². The third-order valence-corrected chi connectivity index (χ3v) is 4.95. The Morgan fingerprint density at radius 1 is 1.33 bits per heavy atom. The van der Waals surface area contributed by atoms with Crippen LogP contribution in [0, 0.1) is 12.7 Å². The second kappa shape index (κ2) is 5.82. The van der Waals surface area contributed by atoms with E-state index < -0.39 is 26.7 Å². The van der Waals surface area contributed by atoms with Gasteiger partial charge in [0, 0.05) is 0 Å². The zero-order chi connectivity index (χ0) is 15.6. The van der Waals surface area contributed by atoms with Crippen LogP contribution in [0.1, 0.15) is 15.2 Å². The van der Waals surface area contributed by atoms with Gasteiger partial charge in [0.2, 0.25) is 0 Å². The Bertz CT molecular complexity index is 783. The molecule has 1 heterocycles. The van der Waals surface area contributed by atoms with E-state index >= 15 is 0 Å². The van der Waals surface area contributed by atoms with Gasteiger partial charge in [-0.25, -0.2) is 17.6 Å². The van der Waals surface area contributed by atoms with Gasteiger partial charge in [-0.1, -0.05) is 6.07 Å². The second-order valence-corrected chi connectivity index (χ2v) is 6.76. The lowest BCUT2D eigenvalue weighted by Gasteiger charge is -2.09. The molecule has 0 saturated carbocycles. The lowest BCUT2D eigenvalue weighted by Crippen LogP contribution is -2.16. The number of benzene rings is 1. The van der Waals surface area contributed by atoms with Crippen LogP contribution < -0.4 is 4.72 Å². The maximum absolute atomic E-state index is 13.8. The van der Waals surface area contributed by atoms with Crippen LogP contribution in [-0.2, 0) is 14.8 Å². The lowest BCUT2D eigenvalue weighted by molar-refractivity contribution is 0.0607. The molecule has 0 fully saturated rings. The van der Waals surface area contributed by atoms with Gasteiger partial charge >= 0.3 is 5.97 Å². The lowest BCUT2D eigenvalue weighted by atomic mass is 10.2. The molecule has 0 aliphatic carbocycles. The number of sulfonamides is 1. The van der Waals surface area contributed by atoms with Crippen LogP contribution in [0.3, 0.4) is 0 Å². The summed E-state index contributed by atoms with van der Waals surface area (Å²) in [5.41, 5.74) is 0.670. The van der Waals surface area contributed by atoms with Gasteiger partial charge in [-0.2, -0.15) is 0 Å². The van der Waals surface area contributed by atoms with Gasteiger partial charge in [-0.3, -0.25) is 4.72 Å². The minimum Gasteiger partial charge on any atom is -0.465 e. The molecule has 1 aromatic heterocycles. The molecule has 21 heavy (non-hydrogen) atoms. The summed E-state index contributed by atoms with van der Waals surface area (Å²) >= 11 is 1.03. The topological polar surface area (TPSA) is 72.5 Å². The standard InChI is InChI=1S/C13H12FNO4S2/c1-8-3-4-11(9(14)7-8)21(17,18)15-10-5-6-20-12(10)13(16)19-2/h3-7,15H,1-2H3. The summed E-state index contributed by atoms with van der Waals surface area (Å²) in [7, 11) is -2.93. The molecular formula is C13H12FNO4S2. The number of hydrogen-bond donors (Lipinski definition) is 1.